The number of hydrogen-bond donors (Lipinski definition) is 0. The van der Waals surface area contributed by atoms with Gasteiger partial charge in [0.1, 0.15) is 17.5 Å². The molecule has 3 aromatic rings. The zero-order valence-electron chi connectivity index (χ0n) is 11.5. The number of halogens is 2. The summed E-state index contributed by atoms with van der Waals surface area (Å²) in [4.78, 5) is 4.15. The van der Waals surface area contributed by atoms with Crippen molar-refractivity contribution in [2.45, 2.75) is 6.54 Å². The van der Waals surface area contributed by atoms with E-state index in [-0.39, 0.29) is 5.56 Å². The fourth-order valence-electron chi connectivity index (χ4n) is 2.29. The fourth-order valence-corrected chi connectivity index (χ4v) is 2.29. The first-order valence-corrected chi connectivity index (χ1v) is 6.63. The molecule has 2 aromatic carbocycles. The van der Waals surface area contributed by atoms with Crippen molar-refractivity contribution in [2.24, 2.45) is 0 Å². The summed E-state index contributed by atoms with van der Waals surface area (Å²) < 4.78 is 28.7. The average molecular weight is 295 g/mol. The van der Waals surface area contributed by atoms with Gasteiger partial charge in [0.15, 0.2) is 0 Å². The van der Waals surface area contributed by atoms with Crippen LogP contribution in [0.4, 0.5) is 8.78 Å². The van der Waals surface area contributed by atoms with Crippen molar-refractivity contribution < 1.29 is 8.78 Å². The van der Waals surface area contributed by atoms with Crippen molar-refractivity contribution in [1.29, 1.82) is 5.26 Å². The molecule has 0 unspecified atom stereocenters. The van der Waals surface area contributed by atoms with Crippen LogP contribution in [0, 0.1) is 23.0 Å². The third kappa shape index (κ3) is 2.72. The van der Waals surface area contributed by atoms with Gasteiger partial charge in [0.05, 0.1) is 17.2 Å². The summed E-state index contributed by atoms with van der Waals surface area (Å²) in [5.41, 5.74) is 1.70. The number of imidazole rings is 1. The SMILES string of the molecule is N#Cc1cccc(Cn2ccnc2-c2ccc(F)cc2F)c1. The molecule has 108 valence electrons. The van der Waals surface area contributed by atoms with Gasteiger partial charge in [0, 0.05) is 25.0 Å². The molecule has 3 nitrogen and oxygen atoms in total. The molecule has 0 aliphatic heterocycles. The van der Waals surface area contributed by atoms with Crippen molar-refractivity contribution in [2.75, 3.05) is 0 Å². The Morgan fingerprint density at radius 3 is 2.77 bits per heavy atom. The van der Waals surface area contributed by atoms with Gasteiger partial charge in [0.2, 0.25) is 0 Å². The van der Waals surface area contributed by atoms with E-state index < -0.39 is 11.6 Å². The number of aromatic nitrogens is 2. The lowest BCUT2D eigenvalue weighted by Gasteiger charge is -2.09. The van der Waals surface area contributed by atoms with E-state index in [0.717, 1.165) is 11.6 Å². The molecule has 0 bridgehead atoms. The smallest absolute Gasteiger partial charge is 0.143 e. The van der Waals surface area contributed by atoms with E-state index in [2.05, 4.69) is 11.1 Å². The highest BCUT2D eigenvalue weighted by atomic mass is 19.1. The van der Waals surface area contributed by atoms with Gasteiger partial charge >= 0.3 is 0 Å². The molecule has 0 aliphatic carbocycles. The summed E-state index contributed by atoms with van der Waals surface area (Å²) >= 11 is 0. The van der Waals surface area contributed by atoms with Crippen LogP contribution in [0.3, 0.4) is 0 Å². The van der Waals surface area contributed by atoms with Gasteiger partial charge in [-0.3, -0.25) is 0 Å². The minimum Gasteiger partial charge on any atom is -0.326 e. The molecular formula is C17H11F2N3. The molecule has 0 radical (unpaired) electrons. The first-order valence-electron chi connectivity index (χ1n) is 6.63. The van der Waals surface area contributed by atoms with E-state index in [1.54, 1.807) is 35.2 Å². The van der Waals surface area contributed by atoms with Crippen LogP contribution in [-0.4, -0.2) is 9.55 Å². The fraction of sp³-hybridized carbons (Fsp3) is 0.0588. The zero-order chi connectivity index (χ0) is 15.5. The van der Waals surface area contributed by atoms with E-state index in [4.69, 9.17) is 5.26 Å². The molecule has 0 aliphatic rings. The third-order valence-corrected chi connectivity index (χ3v) is 3.30. The second kappa shape index (κ2) is 5.78. The second-order valence-electron chi connectivity index (χ2n) is 4.82. The summed E-state index contributed by atoms with van der Waals surface area (Å²) in [7, 11) is 0. The van der Waals surface area contributed by atoms with Crippen LogP contribution < -0.4 is 0 Å². The number of benzene rings is 2. The molecular weight excluding hydrogens is 284 g/mol. The van der Waals surface area contributed by atoms with Crippen molar-refractivity contribution in [1.82, 2.24) is 9.55 Å². The van der Waals surface area contributed by atoms with E-state index in [0.29, 0.717) is 17.9 Å². The molecule has 0 saturated heterocycles. The highest BCUT2D eigenvalue weighted by Gasteiger charge is 2.12. The predicted molar refractivity (Wildman–Crippen MR) is 77.8 cm³/mol. The molecule has 0 spiro atoms. The van der Waals surface area contributed by atoms with Crippen LogP contribution in [0.25, 0.3) is 11.4 Å². The molecule has 1 heterocycles. The summed E-state index contributed by atoms with van der Waals surface area (Å²) in [5.74, 6) is -0.862. The molecule has 22 heavy (non-hydrogen) atoms. The Hall–Kier alpha value is -3.00. The lowest BCUT2D eigenvalue weighted by atomic mass is 10.1. The number of nitriles is 1. The molecule has 0 saturated carbocycles. The average Bonchev–Trinajstić information content (AvgIpc) is 2.95. The molecule has 0 atom stereocenters. The van der Waals surface area contributed by atoms with Gasteiger partial charge in [-0.15, -0.1) is 0 Å². The van der Waals surface area contributed by atoms with Crippen molar-refractivity contribution in [3.8, 4) is 17.5 Å². The summed E-state index contributed by atoms with van der Waals surface area (Å²) in [6, 6.07) is 12.7. The Balaban J connectivity index is 1.97. The van der Waals surface area contributed by atoms with Gasteiger partial charge in [-0.05, 0) is 29.8 Å². The Kier molecular flexibility index (Phi) is 3.67. The number of hydrogen-bond acceptors (Lipinski definition) is 2. The second-order valence-corrected chi connectivity index (χ2v) is 4.82. The molecule has 5 heteroatoms. The van der Waals surface area contributed by atoms with E-state index in [1.165, 1.54) is 12.1 Å². The highest BCUT2D eigenvalue weighted by molar-refractivity contribution is 5.56. The van der Waals surface area contributed by atoms with Gasteiger partial charge in [0.25, 0.3) is 0 Å². The Morgan fingerprint density at radius 2 is 2.00 bits per heavy atom. The summed E-state index contributed by atoms with van der Waals surface area (Å²) in [6.45, 7) is 0.446. The van der Waals surface area contributed by atoms with Gasteiger partial charge in [-0.1, -0.05) is 12.1 Å². The van der Waals surface area contributed by atoms with Crippen LogP contribution in [0.2, 0.25) is 0 Å². The first kappa shape index (κ1) is 14.0. The largest absolute Gasteiger partial charge is 0.326 e. The van der Waals surface area contributed by atoms with Crippen molar-refractivity contribution >= 4 is 0 Å². The van der Waals surface area contributed by atoms with Gasteiger partial charge in [-0.25, -0.2) is 13.8 Å². The van der Waals surface area contributed by atoms with Crippen LogP contribution in [0.15, 0.2) is 54.9 Å². The van der Waals surface area contributed by atoms with Crippen LogP contribution in [-0.2, 0) is 6.54 Å². The van der Waals surface area contributed by atoms with E-state index in [9.17, 15) is 8.78 Å². The van der Waals surface area contributed by atoms with Crippen LogP contribution >= 0.6 is 0 Å². The van der Waals surface area contributed by atoms with E-state index >= 15 is 0 Å². The maximum atomic E-state index is 13.9. The lowest BCUT2D eigenvalue weighted by Crippen LogP contribution is -2.02. The number of rotatable bonds is 3. The van der Waals surface area contributed by atoms with E-state index in [1.807, 2.05) is 6.07 Å². The van der Waals surface area contributed by atoms with Crippen molar-refractivity contribution in [3.05, 3.63) is 77.6 Å². The topological polar surface area (TPSA) is 41.6 Å². The Morgan fingerprint density at radius 1 is 1.14 bits per heavy atom. The number of nitrogens with zero attached hydrogens (tertiary/aromatic N) is 3. The Bertz CT molecular complexity index is 862. The van der Waals surface area contributed by atoms with Gasteiger partial charge in [-0.2, -0.15) is 5.26 Å². The molecule has 0 fully saturated rings. The lowest BCUT2D eigenvalue weighted by molar-refractivity contribution is 0.584. The molecule has 0 amide bonds. The quantitative estimate of drug-likeness (QED) is 0.738. The van der Waals surface area contributed by atoms with Crippen LogP contribution in [0.5, 0.6) is 0 Å². The minimum atomic E-state index is -0.654. The minimum absolute atomic E-state index is 0.239. The molecule has 0 N–H and O–H groups in total. The van der Waals surface area contributed by atoms with Gasteiger partial charge < -0.3 is 4.57 Å². The highest BCUT2D eigenvalue weighted by Crippen LogP contribution is 2.22. The first-order chi connectivity index (χ1) is 10.7. The van der Waals surface area contributed by atoms with Crippen LogP contribution in [0.1, 0.15) is 11.1 Å². The Labute approximate surface area is 126 Å². The third-order valence-electron chi connectivity index (χ3n) is 3.30. The molecule has 1 aromatic heterocycles. The maximum Gasteiger partial charge on any atom is 0.143 e. The monoisotopic (exact) mass is 295 g/mol. The zero-order valence-corrected chi connectivity index (χ0v) is 11.5. The summed E-state index contributed by atoms with van der Waals surface area (Å²) in [6.07, 6.45) is 3.28. The van der Waals surface area contributed by atoms with Crippen molar-refractivity contribution in [3.63, 3.8) is 0 Å². The molecule has 3 rings (SSSR count). The predicted octanol–water partition coefficient (Wildman–Crippen LogP) is 3.75. The normalized spacial score (nSPS) is 10.4. The maximum absolute atomic E-state index is 13.9. The standard InChI is InChI=1S/C17H11F2N3/c18-14-4-5-15(16(19)9-14)17-21-6-7-22(17)11-13-3-1-2-12(8-13)10-20/h1-9H,11H2. The summed E-state index contributed by atoms with van der Waals surface area (Å²) in [5, 5.41) is 8.93.